The Labute approximate surface area is 88.4 Å². The Bertz CT molecular complexity index is 262. The van der Waals surface area contributed by atoms with E-state index in [4.69, 9.17) is 0 Å². The summed E-state index contributed by atoms with van der Waals surface area (Å²) in [4.78, 5) is 0. The predicted molar refractivity (Wildman–Crippen MR) is 63.6 cm³/mol. The van der Waals surface area contributed by atoms with Crippen molar-refractivity contribution in [2.24, 2.45) is 5.92 Å². The predicted octanol–water partition coefficient (Wildman–Crippen LogP) is 4.36. The molecule has 0 aromatic heterocycles. The first-order valence-electron chi connectivity index (χ1n) is 5.82. The topological polar surface area (TPSA) is 0 Å². The van der Waals surface area contributed by atoms with E-state index in [1.165, 1.54) is 36.8 Å². The van der Waals surface area contributed by atoms with E-state index >= 15 is 0 Å². The number of hydrogen-bond acceptors (Lipinski definition) is 0. The van der Waals surface area contributed by atoms with Crippen LogP contribution in [0.2, 0.25) is 0 Å². The minimum absolute atomic E-state index is 0.876. The van der Waals surface area contributed by atoms with Crippen molar-refractivity contribution < 1.29 is 0 Å². The molecule has 0 saturated heterocycles. The van der Waals surface area contributed by atoms with Crippen LogP contribution in [0.5, 0.6) is 0 Å². The summed E-state index contributed by atoms with van der Waals surface area (Å²) in [6.45, 7) is 6.80. The molecule has 0 amide bonds. The van der Waals surface area contributed by atoms with Crippen molar-refractivity contribution in [3.05, 3.63) is 35.4 Å². The van der Waals surface area contributed by atoms with Gasteiger partial charge in [0, 0.05) is 0 Å². The van der Waals surface area contributed by atoms with Gasteiger partial charge in [0.05, 0.1) is 0 Å². The smallest absolute Gasteiger partial charge is 0.0248 e. The highest BCUT2D eigenvalue weighted by Crippen LogP contribution is 2.19. The van der Waals surface area contributed by atoms with Crippen LogP contribution in [-0.4, -0.2) is 0 Å². The molecule has 0 aliphatic rings. The first-order chi connectivity index (χ1) is 6.77. The fourth-order valence-electron chi connectivity index (χ4n) is 2.01. The van der Waals surface area contributed by atoms with E-state index in [-0.39, 0.29) is 0 Å². The van der Waals surface area contributed by atoms with Gasteiger partial charge in [0.25, 0.3) is 0 Å². The molecule has 1 unspecified atom stereocenters. The lowest BCUT2D eigenvalue weighted by Crippen LogP contribution is -2.04. The second-order valence-electron chi connectivity index (χ2n) is 4.19. The fraction of sp³-hybridized carbons (Fsp3) is 0.571. The van der Waals surface area contributed by atoms with Crippen molar-refractivity contribution in [2.75, 3.05) is 0 Å². The maximum atomic E-state index is 2.30. The Kier molecular flexibility index (Phi) is 4.72. The molecule has 0 aliphatic carbocycles. The Morgan fingerprint density at radius 2 is 1.86 bits per heavy atom. The van der Waals surface area contributed by atoms with Gasteiger partial charge < -0.3 is 0 Å². The summed E-state index contributed by atoms with van der Waals surface area (Å²) in [6.07, 6.45) is 5.24. The standard InChI is InChI=1S/C14H22/c1-4-8-13(5-2)11-14-10-7-6-9-12(14)3/h6-7,9-10,13H,4-5,8,11H2,1-3H3. The van der Waals surface area contributed by atoms with Crippen molar-refractivity contribution in [1.82, 2.24) is 0 Å². The number of hydrogen-bond donors (Lipinski definition) is 0. The van der Waals surface area contributed by atoms with Crippen LogP contribution in [0.25, 0.3) is 0 Å². The highest BCUT2D eigenvalue weighted by molar-refractivity contribution is 5.25. The Balaban J connectivity index is 2.62. The van der Waals surface area contributed by atoms with Gasteiger partial charge in [-0.15, -0.1) is 0 Å². The van der Waals surface area contributed by atoms with Gasteiger partial charge in [0.2, 0.25) is 0 Å². The maximum absolute atomic E-state index is 2.30. The zero-order valence-electron chi connectivity index (χ0n) is 9.72. The Hall–Kier alpha value is -0.780. The summed E-state index contributed by atoms with van der Waals surface area (Å²) in [5.41, 5.74) is 2.98. The van der Waals surface area contributed by atoms with Crippen molar-refractivity contribution in [3.63, 3.8) is 0 Å². The molecule has 1 aromatic carbocycles. The fourth-order valence-corrected chi connectivity index (χ4v) is 2.01. The van der Waals surface area contributed by atoms with Gasteiger partial charge >= 0.3 is 0 Å². The van der Waals surface area contributed by atoms with E-state index < -0.39 is 0 Å². The number of aryl methyl sites for hydroxylation is 1. The van der Waals surface area contributed by atoms with Gasteiger partial charge in [-0.3, -0.25) is 0 Å². The third-order valence-electron chi connectivity index (χ3n) is 3.04. The van der Waals surface area contributed by atoms with Crippen molar-refractivity contribution in [1.29, 1.82) is 0 Å². The lowest BCUT2D eigenvalue weighted by Gasteiger charge is -2.15. The van der Waals surface area contributed by atoms with E-state index in [0.717, 1.165) is 5.92 Å². The van der Waals surface area contributed by atoms with Crippen molar-refractivity contribution in [2.45, 2.75) is 46.5 Å². The molecule has 1 atom stereocenters. The average Bonchev–Trinajstić information content (AvgIpc) is 2.20. The summed E-state index contributed by atoms with van der Waals surface area (Å²) in [5.74, 6) is 0.876. The zero-order valence-corrected chi connectivity index (χ0v) is 9.72. The van der Waals surface area contributed by atoms with Crippen molar-refractivity contribution in [3.8, 4) is 0 Å². The second-order valence-corrected chi connectivity index (χ2v) is 4.19. The number of rotatable bonds is 5. The lowest BCUT2D eigenvalue weighted by atomic mass is 9.91. The van der Waals surface area contributed by atoms with E-state index in [9.17, 15) is 0 Å². The van der Waals surface area contributed by atoms with E-state index in [2.05, 4.69) is 45.0 Å². The van der Waals surface area contributed by atoms with E-state index in [0.29, 0.717) is 0 Å². The molecule has 0 bridgehead atoms. The Morgan fingerprint density at radius 1 is 1.14 bits per heavy atom. The normalized spacial score (nSPS) is 12.8. The molecule has 1 rings (SSSR count). The first kappa shape index (κ1) is 11.3. The zero-order chi connectivity index (χ0) is 10.4. The molecule has 0 fully saturated rings. The average molecular weight is 190 g/mol. The molecule has 0 spiro atoms. The monoisotopic (exact) mass is 190 g/mol. The van der Waals surface area contributed by atoms with Crippen LogP contribution >= 0.6 is 0 Å². The van der Waals surface area contributed by atoms with E-state index in [1.807, 2.05) is 0 Å². The molecule has 1 aromatic rings. The summed E-state index contributed by atoms with van der Waals surface area (Å²) in [7, 11) is 0. The minimum Gasteiger partial charge on any atom is -0.0654 e. The van der Waals surface area contributed by atoms with Gasteiger partial charge in [-0.2, -0.15) is 0 Å². The maximum Gasteiger partial charge on any atom is -0.0248 e. The molecular weight excluding hydrogens is 168 g/mol. The van der Waals surface area contributed by atoms with E-state index in [1.54, 1.807) is 0 Å². The molecule has 0 nitrogen and oxygen atoms in total. The molecular formula is C14H22. The SMILES string of the molecule is CCCC(CC)Cc1ccccc1C. The summed E-state index contributed by atoms with van der Waals surface area (Å²) >= 11 is 0. The Morgan fingerprint density at radius 3 is 2.43 bits per heavy atom. The molecule has 0 heteroatoms. The van der Waals surface area contributed by atoms with Crippen LogP contribution in [0, 0.1) is 12.8 Å². The molecule has 0 heterocycles. The third kappa shape index (κ3) is 3.17. The van der Waals surface area contributed by atoms with Gasteiger partial charge in [-0.05, 0) is 30.4 Å². The van der Waals surface area contributed by atoms with Gasteiger partial charge in [0.15, 0.2) is 0 Å². The highest BCUT2D eigenvalue weighted by atomic mass is 14.1. The third-order valence-corrected chi connectivity index (χ3v) is 3.04. The molecule has 0 radical (unpaired) electrons. The highest BCUT2D eigenvalue weighted by Gasteiger charge is 2.07. The van der Waals surface area contributed by atoms with Gasteiger partial charge in [-0.25, -0.2) is 0 Å². The summed E-state index contributed by atoms with van der Waals surface area (Å²) in [6, 6.07) is 8.77. The molecule has 14 heavy (non-hydrogen) atoms. The second kappa shape index (κ2) is 5.85. The van der Waals surface area contributed by atoms with Gasteiger partial charge in [-0.1, -0.05) is 57.4 Å². The van der Waals surface area contributed by atoms with Crippen LogP contribution in [0.3, 0.4) is 0 Å². The molecule has 0 saturated carbocycles. The number of benzene rings is 1. The van der Waals surface area contributed by atoms with Crippen LogP contribution in [0.1, 0.15) is 44.2 Å². The van der Waals surface area contributed by atoms with Gasteiger partial charge in [0.1, 0.15) is 0 Å². The largest absolute Gasteiger partial charge is 0.0654 e. The quantitative estimate of drug-likeness (QED) is 0.647. The van der Waals surface area contributed by atoms with Crippen LogP contribution < -0.4 is 0 Å². The summed E-state index contributed by atoms with van der Waals surface area (Å²) in [5, 5.41) is 0. The van der Waals surface area contributed by atoms with Crippen LogP contribution in [0.15, 0.2) is 24.3 Å². The first-order valence-corrected chi connectivity index (χ1v) is 5.82. The van der Waals surface area contributed by atoms with Crippen LogP contribution in [0.4, 0.5) is 0 Å². The molecule has 78 valence electrons. The summed E-state index contributed by atoms with van der Waals surface area (Å²) < 4.78 is 0. The molecule has 0 aliphatic heterocycles. The molecule has 0 N–H and O–H groups in total. The lowest BCUT2D eigenvalue weighted by molar-refractivity contribution is 0.461. The van der Waals surface area contributed by atoms with Crippen LogP contribution in [-0.2, 0) is 6.42 Å². The van der Waals surface area contributed by atoms with Crippen molar-refractivity contribution >= 4 is 0 Å². The minimum atomic E-state index is 0.876.